The molecule has 0 saturated heterocycles. The number of hydrogen-bond donors (Lipinski definition) is 2. The van der Waals surface area contributed by atoms with Gasteiger partial charge in [-0.3, -0.25) is 9.89 Å². The number of phenolic OH excluding ortho intramolecular Hbond substituents is 1. The number of benzene rings is 2. The molecule has 0 bridgehead atoms. The lowest BCUT2D eigenvalue weighted by Crippen LogP contribution is -2.25. The van der Waals surface area contributed by atoms with Crippen LogP contribution in [-0.4, -0.2) is 65.4 Å². The molecule has 31 heavy (non-hydrogen) atoms. The molecule has 0 radical (unpaired) electrons. The average molecular weight is 425 g/mol. The molecule has 8 nitrogen and oxygen atoms in total. The summed E-state index contributed by atoms with van der Waals surface area (Å²) in [6, 6.07) is 9.18. The normalized spacial score (nSPS) is 13.2. The monoisotopic (exact) mass is 424 g/mol. The zero-order valence-corrected chi connectivity index (χ0v) is 18.1. The molecule has 0 fully saturated rings. The van der Waals surface area contributed by atoms with Crippen molar-refractivity contribution in [3.8, 4) is 11.5 Å². The lowest BCUT2D eigenvalue weighted by Gasteiger charge is -2.16. The largest absolute Gasteiger partial charge is 0.507 e. The molecule has 1 amide bonds. The summed E-state index contributed by atoms with van der Waals surface area (Å²) in [7, 11) is 5.68. The number of phenols is 1. The van der Waals surface area contributed by atoms with Gasteiger partial charge in [0.15, 0.2) is 0 Å². The van der Waals surface area contributed by atoms with E-state index in [9.17, 15) is 9.90 Å². The summed E-state index contributed by atoms with van der Waals surface area (Å²) in [6.07, 6.45) is 0.954. The minimum absolute atomic E-state index is 0.0752. The van der Waals surface area contributed by atoms with Crippen LogP contribution < -0.4 is 4.74 Å². The lowest BCUT2D eigenvalue weighted by molar-refractivity contribution is 0.0748. The van der Waals surface area contributed by atoms with E-state index in [0.29, 0.717) is 31.8 Å². The molecule has 1 aliphatic rings. The van der Waals surface area contributed by atoms with Gasteiger partial charge in [-0.15, -0.1) is 0 Å². The summed E-state index contributed by atoms with van der Waals surface area (Å²) >= 11 is 0. The van der Waals surface area contributed by atoms with E-state index in [1.165, 1.54) is 6.07 Å². The Bertz CT molecular complexity index is 1090. The number of aromatic hydroxyl groups is 1. The van der Waals surface area contributed by atoms with Crippen LogP contribution in [0.2, 0.25) is 0 Å². The highest BCUT2D eigenvalue weighted by Gasteiger charge is 2.27. The van der Waals surface area contributed by atoms with Gasteiger partial charge in [0.2, 0.25) is 0 Å². The molecule has 4 rings (SSSR count). The lowest BCUT2D eigenvalue weighted by atomic mass is 10.1. The van der Waals surface area contributed by atoms with E-state index in [1.807, 2.05) is 32.3 Å². The number of nitrogens with one attached hydrogen (secondary N) is 1. The maximum atomic E-state index is 13.2. The Kier molecular flexibility index (Phi) is 6.11. The molecular weight excluding hydrogens is 396 g/mol. The predicted octanol–water partition coefficient (Wildman–Crippen LogP) is 2.90. The van der Waals surface area contributed by atoms with Crippen LogP contribution in [0.3, 0.4) is 0 Å². The van der Waals surface area contributed by atoms with Gasteiger partial charge in [0.1, 0.15) is 11.5 Å². The summed E-state index contributed by atoms with van der Waals surface area (Å²) in [5, 5.41) is 18.3. The van der Waals surface area contributed by atoms with Crippen molar-refractivity contribution >= 4 is 16.8 Å². The summed E-state index contributed by atoms with van der Waals surface area (Å²) in [5.41, 5.74) is 3.80. The number of aromatic nitrogens is 2. The fraction of sp³-hybridized carbons (Fsp3) is 0.391. The Morgan fingerprint density at radius 1 is 1.23 bits per heavy atom. The predicted molar refractivity (Wildman–Crippen MR) is 117 cm³/mol. The molecule has 0 unspecified atom stereocenters. The van der Waals surface area contributed by atoms with Crippen LogP contribution >= 0.6 is 0 Å². The van der Waals surface area contributed by atoms with Crippen LogP contribution in [0.1, 0.15) is 33.6 Å². The number of nitrogens with zero attached hydrogens (tertiary/aromatic N) is 3. The first kappa shape index (κ1) is 21.1. The second-order valence-electron chi connectivity index (χ2n) is 8.12. The number of amides is 1. The van der Waals surface area contributed by atoms with Gasteiger partial charge in [-0.25, -0.2) is 0 Å². The molecule has 2 aromatic carbocycles. The molecule has 0 saturated carbocycles. The molecule has 8 heteroatoms. The summed E-state index contributed by atoms with van der Waals surface area (Å²) in [5.74, 6) is 0.529. The van der Waals surface area contributed by atoms with E-state index >= 15 is 0 Å². The highest BCUT2D eigenvalue weighted by molar-refractivity contribution is 6.01. The number of ether oxygens (including phenoxy) is 2. The Morgan fingerprint density at radius 3 is 2.81 bits per heavy atom. The molecule has 3 aromatic rings. The van der Waals surface area contributed by atoms with Crippen molar-refractivity contribution in [2.45, 2.75) is 26.1 Å². The smallest absolute Gasteiger partial charge is 0.258 e. The van der Waals surface area contributed by atoms with E-state index in [4.69, 9.17) is 9.47 Å². The van der Waals surface area contributed by atoms with Crippen molar-refractivity contribution in [3.63, 3.8) is 0 Å². The molecular formula is C23H28N4O4. The van der Waals surface area contributed by atoms with Crippen LogP contribution in [0.5, 0.6) is 11.5 Å². The van der Waals surface area contributed by atoms with E-state index in [0.717, 1.165) is 40.9 Å². The number of hydrogen-bond acceptors (Lipinski definition) is 6. The van der Waals surface area contributed by atoms with Crippen molar-refractivity contribution in [1.29, 1.82) is 0 Å². The van der Waals surface area contributed by atoms with Crippen LogP contribution in [0, 0.1) is 0 Å². The van der Waals surface area contributed by atoms with E-state index in [-0.39, 0.29) is 17.2 Å². The molecule has 0 atom stereocenters. The number of H-pyrrole nitrogens is 1. The topological polar surface area (TPSA) is 90.9 Å². The van der Waals surface area contributed by atoms with E-state index in [2.05, 4.69) is 15.1 Å². The standard InChI is InChI=1S/C23H28N4O4/c1-26(2)7-4-8-31-17-6-5-15-12-27(13-16(15)9-17)23(29)19-10-18-20(11-22(19)28)24-25-21(18)14-30-3/h5-6,9-11,28H,4,7-8,12-14H2,1-3H3,(H,24,25). The molecule has 164 valence electrons. The number of aromatic amines is 1. The van der Waals surface area contributed by atoms with Crippen LogP contribution in [0.4, 0.5) is 0 Å². The molecule has 1 aromatic heterocycles. The minimum Gasteiger partial charge on any atom is -0.507 e. The fourth-order valence-corrected chi connectivity index (χ4v) is 3.87. The second-order valence-corrected chi connectivity index (χ2v) is 8.12. The third-order valence-corrected chi connectivity index (χ3v) is 5.48. The fourth-order valence-electron chi connectivity index (χ4n) is 3.87. The van der Waals surface area contributed by atoms with Crippen molar-refractivity contribution in [2.75, 3.05) is 34.4 Å². The van der Waals surface area contributed by atoms with Gasteiger partial charge >= 0.3 is 0 Å². The van der Waals surface area contributed by atoms with E-state index in [1.54, 1.807) is 18.1 Å². The minimum atomic E-state index is -0.214. The maximum Gasteiger partial charge on any atom is 0.258 e. The van der Waals surface area contributed by atoms with Crippen LogP contribution in [-0.2, 0) is 24.4 Å². The first-order valence-corrected chi connectivity index (χ1v) is 10.3. The zero-order chi connectivity index (χ0) is 22.0. The number of carbonyl (C=O) groups excluding carboxylic acids is 1. The van der Waals surface area contributed by atoms with Gasteiger partial charge in [-0.2, -0.15) is 5.10 Å². The van der Waals surface area contributed by atoms with Crippen LogP contribution in [0.25, 0.3) is 10.9 Å². The zero-order valence-electron chi connectivity index (χ0n) is 18.1. The maximum absolute atomic E-state index is 13.2. The molecule has 2 N–H and O–H groups in total. The van der Waals surface area contributed by atoms with Crippen molar-refractivity contribution < 1.29 is 19.4 Å². The Balaban J connectivity index is 1.48. The Hall–Kier alpha value is -3.10. The molecule has 2 heterocycles. The number of carbonyl (C=O) groups is 1. The Labute approximate surface area is 181 Å². The highest BCUT2D eigenvalue weighted by atomic mass is 16.5. The molecule has 0 spiro atoms. The van der Waals surface area contributed by atoms with Gasteiger partial charge in [0.25, 0.3) is 5.91 Å². The van der Waals surface area contributed by atoms with Crippen molar-refractivity contribution in [2.24, 2.45) is 0 Å². The first-order valence-electron chi connectivity index (χ1n) is 10.3. The van der Waals surface area contributed by atoms with Crippen molar-refractivity contribution in [1.82, 2.24) is 20.0 Å². The quantitative estimate of drug-likeness (QED) is 0.541. The average Bonchev–Trinajstić information content (AvgIpc) is 3.34. The third-order valence-electron chi connectivity index (χ3n) is 5.48. The number of rotatable bonds is 8. The third kappa shape index (κ3) is 4.50. The number of methoxy groups -OCH3 is 1. The molecule has 1 aliphatic heterocycles. The van der Waals surface area contributed by atoms with Gasteiger partial charge in [0.05, 0.1) is 30.0 Å². The van der Waals surface area contributed by atoms with Crippen LogP contribution in [0.15, 0.2) is 30.3 Å². The first-order chi connectivity index (χ1) is 15.0. The van der Waals surface area contributed by atoms with Gasteiger partial charge in [-0.05, 0) is 49.8 Å². The SMILES string of the molecule is COCc1[nH]nc2cc(O)c(C(=O)N3Cc4ccc(OCCCN(C)C)cc4C3)cc12. The number of fused-ring (bicyclic) bond motifs is 2. The highest BCUT2D eigenvalue weighted by Crippen LogP contribution is 2.32. The van der Waals surface area contributed by atoms with Gasteiger partial charge in [-0.1, -0.05) is 6.07 Å². The van der Waals surface area contributed by atoms with E-state index < -0.39 is 0 Å². The van der Waals surface area contributed by atoms with Gasteiger partial charge in [0, 0.05) is 38.2 Å². The molecule has 0 aliphatic carbocycles. The van der Waals surface area contributed by atoms with Gasteiger partial charge < -0.3 is 24.4 Å². The summed E-state index contributed by atoms with van der Waals surface area (Å²) in [6.45, 7) is 2.97. The summed E-state index contributed by atoms with van der Waals surface area (Å²) in [4.78, 5) is 17.1. The second kappa shape index (κ2) is 8.95. The Morgan fingerprint density at radius 2 is 2.03 bits per heavy atom. The van der Waals surface area contributed by atoms with Crippen molar-refractivity contribution in [3.05, 3.63) is 52.7 Å². The summed E-state index contributed by atoms with van der Waals surface area (Å²) < 4.78 is 11.0.